The third kappa shape index (κ3) is 3.86. The Kier molecular flexibility index (Phi) is 5.84. The van der Waals surface area contributed by atoms with E-state index in [9.17, 15) is 9.59 Å². The van der Waals surface area contributed by atoms with Crippen LogP contribution in [0.3, 0.4) is 0 Å². The van der Waals surface area contributed by atoms with Crippen LogP contribution >= 0.6 is 22.9 Å². The number of thiophene rings is 1. The first-order valence-electron chi connectivity index (χ1n) is 8.69. The molecule has 3 rings (SSSR count). The molecule has 0 unspecified atom stereocenters. The lowest BCUT2D eigenvalue weighted by Crippen LogP contribution is -2.18. The second-order valence-electron chi connectivity index (χ2n) is 6.17. The number of fused-ring (bicyclic) bond motifs is 1. The van der Waals surface area contributed by atoms with E-state index >= 15 is 0 Å². The number of hydrogen-bond donors (Lipinski definition) is 2. The van der Waals surface area contributed by atoms with E-state index in [0.29, 0.717) is 33.5 Å². The van der Waals surface area contributed by atoms with Gasteiger partial charge in [0.25, 0.3) is 11.8 Å². The smallest absolute Gasteiger partial charge is 0.256 e. The standard InChI is InChI=1S/C19H21ClN2O3S/c1-2-25-14-9-8-11(10-13(14)20)18(24)22-19-16(17(21)23)12-6-4-3-5-7-15(12)26-19/h8-10H,2-7H2,1H3,(H2,21,23)(H,22,24). The van der Waals surface area contributed by atoms with Crippen LogP contribution in [-0.2, 0) is 12.8 Å². The molecule has 1 aromatic carbocycles. The van der Waals surface area contributed by atoms with Crippen molar-refractivity contribution in [2.45, 2.75) is 39.0 Å². The lowest BCUT2D eigenvalue weighted by Gasteiger charge is -2.09. The molecule has 138 valence electrons. The molecular formula is C19H21ClN2O3S. The number of carbonyl (C=O) groups excluding carboxylic acids is 2. The maximum Gasteiger partial charge on any atom is 0.256 e. The van der Waals surface area contributed by atoms with Crippen molar-refractivity contribution in [1.82, 2.24) is 0 Å². The molecule has 2 amide bonds. The van der Waals surface area contributed by atoms with E-state index in [-0.39, 0.29) is 5.91 Å². The summed E-state index contributed by atoms with van der Waals surface area (Å²) in [6, 6.07) is 4.87. The number of aryl methyl sites for hydroxylation is 1. The highest BCUT2D eigenvalue weighted by molar-refractivity contribution is 7.17. The van der Waals surface area contributed by atoms with Gasteiger partial charge in [0.15, 0.2) is 0 Å². The summed E-state index contributed by atoms with van der Waals surface area (Å²) in [5, 5.41) is 3.74. The van der Waals surface area contributed by atoms with Gasteiger partial charge < -0.3 is 15.8 Å². The number of nitrogens with one attached hydrogen (secondary N) is 1. The monoisotopic (exact) mass is 392 g/mol. The van der Waals surface area contributed by atoms with Gasteiger partial charge in [-0.1, -0.05) is 18.0 Å². The minimum absolute atomic E-state index is 0.325. The van der Waals surface area contributed by atoms with Gasteiger partial charge in [0.1, 0.15) is 10.8 Å². The van der Waals surface area contributed by atoms with Crippen LogP contribution in [0.1, 0.15) is 57.3 Å². The lowest BCUT2D eigenvalue weighted by molar-refractivity contribution is 0.100. The van der Waals surface area contributed by atoms with Crippen LogP contribution in [0.4, 0.5) is 5.00 Å². The summed E-state index contributed by atoms with van der Waals surface area (Å²) < 4.78 is 5.38. The molecule has 0 aliphatic heterocycles. The first-order chi connectivity index (χ1) is 12.5. The van der Waals surface area contributed by atoms with E-state index in [1.165, 1.54) is 11.3 Å². The minimum Gasteiger partial charge on any atom is -0.492 e. The van der Waals surface area contributed by atoms with Crippen LogP contribution in [0.15, 0.2) is 18.2 Å². The third-order valence-electron chi connectivity index (χ3n) is 4.39. The van der Waals surface area contributed by atoms with Gasteiger partial charge in [-0.05, 0) is 56.4 Å². The van der Waals surface area contributed by atoms with E-state index in [2.05, 4.69) is 5.32 Å². The van der Waals surface area contributed by atoms with Crippen LogP contribution in [0.5, 0.6) is 5.75 Å². The van der Waals surface area contributed by atoms with Gasteiger partial charge in [0, 0.05) is 10.4 Å². The number of benzene rings is 1. The van der Waals surface area contributed by atoms with Crippen LogP contribution in [0.2, 0.25) is 5.02 Å². The van der Waals surface area contributed by atoms with Crippen molar-refractivity contribution in [3.05, 3.63) is 44.8 Å². The predicted octanol–water partition coefficient (Wildman–Crippen LogP) is 4.42. The number of hydrogen-bond acceptors (Lipinski definition) is 4. The summed E-state index contributed by atoms with van der Waals surface area (Å²) in [5.41, 5.74) is 7.46. The van der Waals surface area contributed by atoms with Crippen LogP contribution in [0.25, 0.3) is 0 Å². The Hall–Kier alpha value is -2.05. The number of ether oxygens (including phenoxy) is 1. The summed E-state index contributed by atoms with van der Waals surface area (Å²) in [5.74, 6) is -0.287. The summed E-state index contributed by atoms with van der Waals surface area (Å²) in [6.45, 7) is 2.36. The molecule has 0 bridgehead atoms. The Morgan fingerprint density at radius 1 is 1.27 bits per heavy atom. The molecule has 0 fully saturated rings. The third-order valence-corrected chi connectivity index (χ3v) is 5.89. The highest BCUT2D eigenvalue weighted by Gasteiger charge is 2.24. The molecule has 0 radical (unpaired) electrons. The fourth-order valence-electron chi connectivity index (χ4n) is 3.18. The molecule has 1 aromatic heterocycles. The normalized spacial score (nSPS) is 13.6. The largest absolute Gasteiger partial charge is 0.492 e. The van der Waals surface area contributed by atoms with Crippen molar-refractivity contribution in [1.29, 1.82) is 0 Å². The molecular weight excluding hydrogens is 372 g/mol. The van der Waals surface area contributed by atoms with Crippen LogP contribution in [-0.4, -0.2) is 18.4 Å². The van der Waals surface area contributed by atoms with Crippen molar-refractivity contribution < 1.29 is 14.3 Å². The Balaban J connectivity index is 1.88. The van der Waals surface area contributed by atoms with Gasteiger partial charge in [0.2, 0.25) is 0 Å². The lowest BCUT2D eigenvalue weighted by atomic mass is 10.1. The molecule has 1 heterocycles. The molecule has 7 heteroatoms. The van der Waals surface area contributed by atoms with Crippen molar-refractivity contribution in [2.75, 3.05) is 11.9 Å². The van der Waals surface area contributed by atoms with Crippen LogP contribution in [0, 0.1) is 0 Å². The highest BCUT2D eigenvalue weighted by atomic mass is 35.5. The van der Waals surface area contributed by atoms with Crippen molar-refractivity contribution >= 4 is 39.8 Å². The number of anilines is 1. The van der Waals surface area contributed by atoms with Gasteiger partial charge >= 0.3 is 0 Å². The van der Waals surface area contributed by atoms with Gasteiger partial charge in [-0.3, -0.25) is 9.59 Å². The first kappa shape index (κ1) is 18.7. The first-order valence-corrected chi connectivity index (χ1v) is 9.88. The van der Waals surface area contributed by atoms with Gasteiger partial charge in [-0.15, -0.1) is 11.3 Å². The number of rotatable bonds is 5. The summed E-state index contributed by atoms with van der Waals surface area (Å²) in [6.07, 6.45) is 5.02. The second-order valence-corrected chi connectivity index (χ2v) is 7.68. The number of amides is 2. The SMILES string of the molecule is CCOc1ccc(C(=O)Nc2sc3c(c2C(N)=O)CCCCC3)cc1Cl. The molecule has 0 spiro atoms. The van der Waals surface area contributed by atoms with Crippen molar-refractivity contribution in [3.63, 3.8) is 0 Å². The van der Waals surface area contributed by atoms with Crippen LogP contribution < -0.4 is 15.8 Å². The Bertz CT molecular complexity index is 848. The quantitative estimate of drug-likeness (QED) is 0.739. The zero-order chi connectivity index (χ0) is 18.7. The zero-order valence-corrected chi connectivity index (χ0v) is 16.1. The van der Waals surface area contributed by atoms with E-state index in [1.54, 1.807) is 18.2 Å². The summed E-state index contributed by atoms with van der Waals surface area (Å²) in [7, 11) is 0. The Morgan fingerprint density at radius 2 is 2.04 bits per heavy atom. The van der Waals surface area contributed by atoms with Gasteiger partial charge in [0.05, 0.1) is 17.2 Å². The topological polar surface area (TPSA) is 81.4 Å². The number of carbonyl (C=O) groups is 2. The fraction of sp³-hybridized carbons (Fsp3) is 0.368. The maximum absolute atomic E-state index is 12.6. The molecule has 3 N–H and O–H groups in total. The Labute approximate surface area is 161 Å². The molecule has 0 atom stereocenters. The number of primary amides is 1. The molecule has 0 saturated heterocycles. The predicted molar refractivity (Wildman–Crippen MR) is 105 cm³/mol. The molecule has 1 aliphatic carbocycles. The van der Waals surface area contributed by atoms with E-state index < -0.39 is 5.91 Å². The summed E-state index contributed by atoms with van der Waals surface area (Å²) >= 11 is 7.61. The van der Waals surface area contributed by atoms with Gasteiger partial charge in [-0.2, -0.15) is 0 Å². The Morgan fingerprint density at radius 3 is 2.73 bits per heavy atom. The molecule has 2 aromatic rings. The molecule has 5 nitrogen and oxygen atoms in total. The summed E-state index contributed by atoms with van der Waals surface area (Å²) in [4.78, 5) is 25.8. The number of nitrogens with two attached hydrogens (primary N) is 1. The fourth-order valence-corrected chi connectivity index (χ4v) is 4.71. The van der Waals surface area contributed by atoms with Gasteiger partial charge in [-0.25, -0.2) is 0 Å². The molecule has 26 heavy (non-hydrogen) atoms. The van der Waals surface area contributed by atoms with E-state index in [4.69, 9.17) is 22.1 Å². The zero-order valence-electron chi connectivity index (χ0n) is 14.6. The minimum atomic E-state index is -0.496. The van der Waals surface area contributed by atoms with Crippen molar-refractivity contribution in [2.24, 2.45) is 5.73 Å². The average Bonchev–Trinajstić information content (AvgIpc) is 2.78. The second kappa shape index (κ2) is 8.10. The number of halogens is 1. The van der Waals surface area contributed by atoms with E-state index in [0.717, 1.165) is 42.5 Å². The highest BCUT2D eigenvalue weighted by Crippen LogP contribution is 2.37. The van der Waals surface area contributed by atoms with E-state index in [1.807, 2.05) is 6.92 Å². The maximum atomic E-state index is 12.6. The average molecular weight is 393 g/mol. The van der Waals surface area contributed by atoms with Crippen molar-refractivity contribution in [3.8, 4) is 5.75 Å². The molecule has 1 aliphatic rings. The molecule has 0 saturated carbocycles.